The number of carbonyl (C=O) groups is 1. The van der Waals surface area contributed by atoms with E-state index < -0.39 is 12.7 Å². The second-order valence-corrected chi connectivity index (χ2v) is 6.26. The first kappa shape index (κ1) is 21.6. The first-order valence-corrected chi connectivity index (χ1v) is 8.65. The standard InChI is InChI=1S/C20H23F3N2O3/c1-13(19(26)24-11-15-6-4-5-7-16(15)21)25(2)12-14-8-9-17(27-3)18(10-14)28-20(22)23/h4-10,13,20H,11-12H2,1-3H3,(H,24,26). The predicted molar refractivity (Wildman–Crippen MR) is 98.8 cm³/mol. The number of methoxy groups -OCH3 is 1. The number of halogens is 3. The lowest BCUT2D eigenvalue weighted by molar-refractivity contribution is -0.125. The van der Waals surface area contributed by atoms with Crippen LogP contribution < -0.4 is 14.8 Å². The Hall–Kier alpha value is -2.74. The Balaban J connectivity index is 1.98. The number of nitrogens with zero attached hydrogens (tertiary/aromatic N) is 1. The van der Waals surface area contributed by atoms with Gasteiger partial charge in [-0.1, -0.05) is 24.3 Å². The number of alkyl halides is 2. The molecular weight excluding hydrogens is 373 g/mol. The summed E-state index contributed by atoms with van der Waals surface area (Å²) in [5.74, 6) is -0.528. The van der Waals surface area contributed by atoms with Gasteiger partial charge >= 0.3 is 6.61 Å². The molecule has 28 heavy (non-hydrogen) atoms. The van der Waals surface area contributed by atoms with E-state index in [1.54, 1.807) is 43.1 Å². The van der Waals surface area contributed by atoms with Crippen molar-refractivity contribution in [2.24, 2.45) is 0 Å². The van der Waals surface area contributed by atoms with E-state index in [2.05, 4.69) is 10.1 Å². The highest BCUT2D eigenvalue weighted by Crippen LogP contribution is 2.30. The number of likely N-dealkylation sites (N-methyl/N-ethyl adjacent to an activating group) is 1. The predicted octanol–water partition coefficient (Wildman–Crippen LogP) is 3.57. The Labute approximate surface area is 162 Å². The van der Waals surface area contributed by atoms with Crippen molar-refractivity contribution < 1.29 is 27.4 Å². The molecule has 8 heteroatoms. The largest absolute Gasteiger partial charge is 0.493 e. The van der Waals surface area contributed by atoms with Crippen LogP contribution in [-0.2, 0) is 17.9 Å². The molecule has 2 rings (SSSR count). The van der Waals surface area contributed by atoms with Gasteiger partial charge in [-0.15, -0.1) is 0 Å². The summed E-state index contributed by atoms with van der Waals surface area (Å²) in [6, 6.07) is 10.4. The summed E-state index contributed by atoms with van der Waals surface area (Å²) in [4.78, 5) is 14.1. The lowest BCUT2D eigenvalue weighted by atomic mass is 10.1. The molecule has 2 aromatic rings. The maximum absolute atomic E-state index is 13.6. The van der Waals surface area contributed by atoms with Gasteiger partial charge in [0, 0.05) is 18.7 Å². The van der Waals surface area contributed by atoms with Gasteiger partial charge in [0.2, 0.25) is 5.91 Å². The lowest BCUT2D eigenvalue weighted by Gasteiger charge is -2.24. The molecular formula is C20H23F3N2O3. The molecule has 0 heterocycles. The molecule has 1 N–H and O–H groups in total. The van der Waals surface area contributed by atoms with Gasteiger partial charge < -0.3 is 14.8 Å². The Morgan fingerprint density at radius 3 is 2.54 bits per heavy atom. The fraction of sp³-hybridized carbons (Fsp3) is 0.350. The van der Waals surface area contributed by atoms with Crippen molar-refractivity contribution in [3.8, 4) is 11.5 Å². The highest BCUT2D eigenvalue weighted by Gasteiger charge is 2.19. The molecule has 0 saturated heterocycles. The maximum Gasteiger partial charge on any atom is 0.387 e. The Bertz CT molecular complexity index is 802. The molecule has 1 unspecified atom stereocenters. The van der Waals surface area contributed by atoms with Crippen LogP contribution in [0.15, 0.2) is 42.5 Å². The van der Waals surface area contributed by atoms with Crippen LogP contribution in [0.25, 0.3) is 0 Å². The van der Waals surface area contributed by atoms with Crippen molar-refractivity contribution in [2.45, 2.75) is 32.7 Å². The van der Waals surface area contributed by atoms with Crippen LogP contribution in [0.3, 0.4) is 0 Å². The highest BCUT2D eigenvalue weighted by atomic mass is 19.3. The molecule has 1 amide bonds. The van der Waals surface area contributed by atoms with E-state index in [-0.39, 0.29) is 29.8 Å². The second kappa shape index (κ2) is 9.98. The highest BCUT2D eigenvalue weighted by molar-refractivity contribution is 5.81. The normalized spacial score (nSPS) is 12.1. The van der Waals surface area contributed by atoms with Crippen LogP contribution in [0, 0.1) is 5.82 Å². The summed E-state index contributed by atoms with van der Waals surface area (Å²) >= 11 is 0. The van der Waals surface area contributed by atoms with Crippen molar-refractivity contribution in [1.82, 2.24) is 10.2 Å². The van der Waals surface area contributed by atoms with Crippen molar-refractivity contribution >= 4 is 5.91 Å². The fourth-order valence-electron chi connectivity index (χ4n) is 2.60. The van der Waals surface area contributed by atoms with E-state index in [0.717, 1.165) is 0 Å². The number of carbonyl (C=O) groups excluding carboxylic acids is 1. The number of hydrogen-bond acceptors (Lipinski definition) is 4. The van der Waals surface area contributed by atoms with E-state index in [0.29, 0.717) is 17.7 Å². The van der Waals surface area contributed by atoms with E-state index in [1.807, 2.05) is 0 Å². The average Bonchev–Trinajstić information content (AvgIpc) is 2.66. The van der Waals surface area contributed by atoms with Gasteiger partial charge in [0.25, 0.3) is 0 Å². The fourth-order valence-corrected chi connectivity index (χ4v) is 2.60. The molecule has 0 aliphatic rings. The lowest BCUT2D eigenvalue weighted by Crippen LogP contribution is -2.42. The molecule has 0 aliphatic carbocycles. The van der Waals surface area contributed by atoms with Gasteiger partial charge in [0.05, 0.1) is 13.2 Å². The Morgan fingerprint density at radius 2 is 1.89 bits per heavy atom. The quantitative estimate of drug-likeness (QED) is 0.704. The smallest absolute Gasteiger partial charge is 0.387 e. The molecule has 5 nitrogen and oxygen atoms in total. The number of nitrogens with one attached hydrogen (secondary N) is 1. The summed E-state index contributed by atoms with van der Waals surface area (Å²) in [7, 11) is 3.09. The minimum Gasteiger partial charge on any atom is -0.493 e. The summed E-state index contributed by atoms with van der Waals surface area (Å²) < 4.78 is 48.2. The number of hydrogen-bond donors (Lipinski definition) is 1. The average molecular weight is 396 g/mol. The van der Waals surface area contributed by atoms with Crippen molar-refractivity contribution in [1.29, 1.82) is 0 Å². The summed E-state index contributed by atoms with van der Waals surface area (Å²) in [6.07, 6.45) is 0. The minimum absolute atomic E-state index is 0.0694. The SMILES string of the molecule is COc1ccc(CN(C)C(C)C(=O)NCc2ccccc2F)cc1OC(F)F. The van der Waals surface area contributed by atoms with Crippen LogP contribution in [0.1, 0.15) is 18.1 Å². The number of rotatable bonds is 9. The monoisotopic (exact) mass is 396 g/mol. The summed E-state index contributed by atoms with van der Waals surface area (Å²) in [5, 5.41) is 2.70. The van der Waals surface area contributed by atoms with E-state index in [1.165, 1.54) is 25.3 Å². The molecule has 0 spiro atoms. The molecule has 0 aromatic heterocycles. The van der Waals surface area contributed by atoms with Gasteiger partial charge in [-0.05, 0) is 37.7 Å². The van der Waals surface area contributed by atoms with Gasteiger partial charge in [0.1, 0.15) is 5.82 Å². The molecule has 0 radical (unpaired) electrons. The number of ether oxygens (including phenoxy) is 2. The molecule has 0 aliphatic heterocycles. The molecule has 152 valence electrons. The second-order valence-electron chi connectivity index (χ2n) is 6.26. The number of amides is 1. The van der Waals surface area contributed by atoms with Gasteiger partial charge in [-0.3, -0.25) is 9.69 Å². The third-order valence-electron chi connectivity index (χ3n) is 4.33. The van der Waals surface area contributed by atoms with Gasteiger partial charge in [-0.25, -0.2) is 4.39 Å². The van der Waals surface area contributed by atoms with Crippen LogP contribution in [-0.4, -0.2) is 37.6 Å². The third-order valence-corrected chi connectivity index (χ3v) is 4.33. The number of benzene rings is 2. The minimum atomic E-state index is -2.97. The third kappa shape index (κ3) is 5.88. The molecule has 0 fully saturated rings. The van der Waals surface area contributed by atoms with Crippen LogP contribution in [0.4, 0.5) is 13.2 Å². The molecule has 0 saturated carbocycles. The van der Waals surface area contributed by atoms with Crippen molar-refractivity contribution in [3.63, 3.8) is 0 Å². The van der Waals surface area contributed by atoms with Crippen LogP contribution in [0.5, 0.6) is 11.5 Å². The molecule has 0 bridgehead atoms. The summed E-state index contributed by atoms with van der Waals surface area (Å²) in [6.45, 7) is -0.863. The topological polar surface area (TPSA) is 50.8 Å². The maximum atomic E-state index is 13.6. The zero-order chi connectivity index (χ0) is 20.7. The molecule has 1 atom stereocenters. The first-order chi connectivity index (χ1) is 13.3. The van der Waals surface area contributed by atoms with E-state index >= 15 is 0 Å². The van der Waals surface area contributed by atoms with Crippen molar-refractivity contribution in [3.05, 3.63) is 59.4 Å². The van der Waals surface area contributed by atoms with Crippen LogP contribution in [0.2, 0.25) is 0 Å². The first-order valence-electron chi connectivity index (χ1n) is 8.65. The Kier molecular flexibility index (Phi) is 7.69. The Morgan fingerprint density at radius 1 is 1.18 bits per heavy atom. The zero-order valence-corrected chi connectivity index (χ0v) is 15.9. The van der Waals surface area contributed by atoms with Crippen molar-refractivity contribution in [2.75, 3.05) is 14.2 Å². The van der Waals surface area contributed by atoms with Gasteiger partial charge in [-0.2, -0.15) is 8.78 Å². The summed E-state index contributed by atoms with van der Waals surface area (Å²) in [5.41, 5.74) is 1.07. The molecule has 2 aromatic carbocycles. The van der Waals surface area contributed by atoms with Gasteiger partial charge in [0.15, 0.2) is 11.5 Å². The van der Waals surface area contributed by atoms with E-state index in [4.69, 9.17) is 4.74 Å². The van der Waals surface area contributed by atoms with Crippen LogP contribution >= 0.6 is 0 Å². The zero-order valence-electron chi connectivity index (χ0n) is 15.9. The van der Waals surface area contributed by atoms with E-state index in [9.17, 15) is 18.0 Å².